The molecule has 0 aromatic heterocycles. The molecule has 0 saturated heterocycles. The van der Waals surface area contributed by atoms with Crippen molar-refractivity contribution in [2.24, 2.45) is 0 Å². The van der Waals surface area contributed by atoms with E-state index in [-0.39, 0.29) is 12.5 Å². The van der Waals surface area contributed by atoms with Gasteiger partial charge in [0.15, 0.2) is 6.61 Å². The number of rotatable bonds is 2. The third-order valence-corrected chi connectivity index (χ3v) is 3.11. The number of hydrogen-bond acceptors (Lipinski definition) is 3. The van der Waals surface area contributed by atoms with Gasteiger partial charge in [0.1, 0.15) is 11.5 Å². The molecular formula is C11H12BrNO3. The first kappa shape index (κ1) is 11.3. The Bertz CT molecular complexity index is 433. The normalized spacial score (nSPS) is 14.4. The van der Waals surface area contributed by atoms with Gasteiger partial charge in [-0.2, -0.15) is 0 Å². The maximum atomic E-state index is 11.6. The van der Waals surface area contributed by atoms with Crippen molar-refractivity contribution in [1.29, 1.82) is 0 Å². The molecule has 16 heavy (non-hydrogen) atoms. The van der Waals surface area contributed by atoms with Crippen molar-refractivity contribution < 1.29 is 14.3 Å². The smallest absolute Gasteiger partial charge is 0.265 e. The second-order valence-electron chi connectivity index (χ2n) is 3.38. The molecule has 1 heterocycles. The summed E-state index contributed by atoms with van der Waals surface area (Å²) in [5.41, 5.74) is 0.763. The topological polar surface area (TPSA) is 38.8 Å². The highest BCUT2D eigenvalue weighted by atomic mass is 79.9. The molecule has 1 amide bonds. The van der Waals surface area contributed by atoms with E-state index in [0.717, 1.165) is 10.2 Å². The third kappa shape index (κ3) is 1.75. The molecule has 0 saturated carbocycles. The van der Waals surface area contributed by atoms with E-state index in [1.165, 1.54) is 0 Å². The van der Waals surface area contributed by atoms with Crippen LogP contribution < -0.4 is 14.4 Å². The van der Waals surface area contributed by atoms with Crippen LogP contribution in [0.3, 0.4) is 0 Å². The van der Waals surface area contributed by atoms with Crippen molar-refractivity contribution in [2.45, 2.75) is 6.92 Å². The molecule has 2 rings (SSSR count). The van der Waals surface area contributed by atoms with Crippen LogP contribution in [0.15, 0.2) is 16.6 Å². The summed E-state index contributed by atoms with van der Waals surface area (Å²) in [4.78, 5) is 13.3. The van der Waals surface area contributed by atoms with Crippen LogP contribution in [0.1, 0.15) is 6.92 Å². The second kappa shape index (κ2) is 4.33. The fraction of sp³-hybridized carbons (Fsp3) is 0.364. The zero-order valence-electron chi connectivity index (χ0n) is 9.12. The molecule has 0 N–H and O–H groups in total. The van der Waals surface area contributed by atoms with E-state index in [2.05, 4.69) is 15.9 Å². The Balaban J connectivity index is 2.52. The largest absolute Gasteiger partial charge is 0.495 e. The number of nitrogens with zero attached hydrogens (tertiary/aromatic N) is 1. The standard InChI is InChI=1S/C11H12BrNO3/c1-3-13-8-5-9(15-2)7(12)4-10(8)16-6-11(13)14/h4-5H,3,6H2,1-2H3. The van der Waals surface area contributed by atoms with Crippen LogP contribution in [0.2, 0.25) is 0 Å². The lowest BCUT2D eigenvalue weighted by atomic mass is 10.2. The molecule has 0 bridgehead atoms. The highest BCUT2D eigenvalue weighted by Crippen LogP contribution is 2.40. The first-order chi connectivity index (χ1) is 7.67. The number of methoxy groups -OCH3 is 1. The molecule has 0 fully saturated rings. The number of amides is 1. The van der Waals surface area contributed by atoms with Gasteiger partial charge < -0.3 is 14.4 Å². The third-order valence-electron chi connectivity index (χ3n) is 2.49. The number of halogens is 1. The van der Waals surface area contributed by atoms with Crippen LogP contribution in [-0.4, -0.2) is 26.2 Å². The molecule has 4 nitrogen and oxygen atoms in total. The monoisotopic (exact) mass is 285 g/mol. The molecule has 1 aliphatic heterocycles. The Hall–Kier alpha value is -1.23. The summed E-state index contributed by atoms with van der Waals surface area (Å²) in [6, 6.07) is 3.63. The predicted molar refractivity (Wildman–Crippen MR) is 64.2 cm³/mol. The fourth-order valence-electron chi connectivity index (χ4n) is 1.71. The highest BCUT2D eigenvalue weighted by molar-refractivity contribution is 9.10. The lowest BCUT2D eigenvalue weighted by molar-refractivity contribution is -0.121. The lowest BCUT2D eigenvalue weighted by Crippen LogP contribution is -2.38. The molecule has 1 aromatic carbocycles. The van der Waals surface area contributed by atoms with Gasteiger partial charge in [-0.05, 0) is 22.9 Å². The second-order valence-corrected chi connectivity index (χ2v) is 4.24. The van der Waals surface area contributed by atoms with Crippen molar-refractivity contribution >= 4 is 27.5 Å². The molecule has 0 atom stereocenters. The zero-order valence-corrected chi connectivity index (χ0v) is 10.7. The van der Waals surface area contributed by atoms with Crippen molar-refractivity contribution in [3.8, 4) is 11.5 Å². The van der Waals surface area contributed by atoms with Crippen LogP contribution in [0.4, 0.5) is 5.69 Å². The molecule has 0 spiro atoms. The number of anilines is 1. The van der Waals surface area contributed by atoms with E-state index >= 15 is 0 Å². The van der Waals surface area contributed by atoms with Gasteiger partial charge in [0.05, 0.1) is 17.3 Å². The van der Waals surface area contributed by atoms with E-state index in [0.29, 0.717) is 18.0 Å². The van der Waals surface area contributed by atoms with Gasteiger partial charge in [0.25, 0.3) is 5.91 Å². The number of ether oxygens (including phenoxy) is 2. The van der Waals surface area contributed by atoms with E-state index < -0.39 is 0 Å². The Labute approximate surface area is 102 Å². The summed E-state index contributed by atoms with van der Waals surface area (Å²) < 4.78 is 11.4. The summed E-state index contributed by atoms with van der Waals surface area (Å²) in [7, 11) is 1.59. The number of likely N-dealkylation sites (N-methyl/N-ethyl adjacent to an activating group) is 1. The van der Waals surface area contributed by atoms with E-state index in [4.69, 9.17) is 9.47 Å². The van der Waals surface area contributed by atoms with Crippen LogP contribution in [0.25, 0.3) is 0 Å². The first-order valence-electron chi connectivity index (χ1n) is 4.98. The number of benzene rings is 1. The van der Waals surface area contributed by atoms with Crippen molar-refractivity contribution in [2.75, 3.05) is 25.2 Å². The maximum absolute atomic E-state index is 11.6. The van der Waals surface area contributed by atoms with Crippen LogP contribution in [-0.2, 0) is 4.79 Å². The zero-order chi connectivity index (χ0) is 11.7. The van der Waals surface area contributed by atoms with Gasteiger partial charge in [0.2, 0.25) is 0 Å². The van der Waals surface area contributed by atoms with Gasteiger partial charge in [-0.25, -0.2) is 0 Å². The van der Waals surface area contributed by atoms with Gasteiger partial charge in [-0.3, -0.25) is 4.79 Å². The predicted octanol–water partition coefficient (Wildman–Crippen LogP) is 2.20. The molecule has 5 heteroatoms. The van der Waals surface area contributed by atoms with Gasteiger partial charge in [-0.1, -0.05) is 0 Å². The van der Waals surface area contributed by atoms with Crippen molar-refractivity contribution in [3.05, 3.63) is 16.6 Å². The van der Waals surface area contributed by atoms with Crippen LogP contribution in [0.5, 0.6) is 11.5 Å². The highest BCUT2D eigenvalue weighted by Gasteiger charge is 2.25. The summed E-state index contributed by atoms with van der Waals surface area (Å²) in [6.45, 7) is 2.65. The average Bonchev–Trinajstić information content (AvgIpc) is 2.28. The molecule has 1 aliphatic rings. The van der Waals surface area contributed by atoms with Crippen molar-refractivity contribution in [1.82, 2.24) is 0 Å². The Morgan fingerprint density at radius 2 is 2.31 bits per heavy atom. The summed E-state index contributed by atoms with van der Waals surface area (Å²) >= 11 is 3.38. The molecule has 0 radical (unpaired) electrons. The van der Waals surface area contributed by atoms with Crippen LogP contribution >= 0.6 is 15.9 Å². The fourth-order valence-corrected chi connectivity index (χ4v) is 2.19. The molecule has 0 unspecified atom stereocenters. The molecule has 1 aromatic rings. The van der Waals surface area contributed by atoms with Crippen molar-refractivity contribution in [3.63, 3.8) is 0 Å². The Morgan fingerprint density at radius 3 is 2.94 bits per heavy atom. The van der Waals surface area contributed by atoms with Gasteiger partial charge in [-0.15, -0.1) is 0 Å². The van der Waals surface area contributed by atoms with E-state index in [1.807, 2.05) is 13.0 Å². The number of hydrogen-bond donors (Lipinski definition) is 0. The lowest BCUT2D eigenvalue weighted by Gasteiger charge is -2.28. The number of fused-ring (bicyclic) bond motifs is 1. The SMILES string of the molecule is CCN1C(=O)COc2cc(Br)c(OC)cc21. The minimum absolute atomic E-state index is 0.0284. The van der Waals surface area contributed by atoms with E-state index in [9.17, 15) is 4.79 Å². The van der Waals surface area contributed by atoms with Crippen LogP contribution in [0, 0.1) is 0 Å². The average molecular weight is 286 g/mol. The molecule has 0 aliphatic carbocycles. The minimum Gasteiger partial charge on any atom is -0.495 e. The van der Waals surface area contributed by atoms with E-state index in [1.54, 1.807) is 18.1 Å². The quantitative estimate of drug-likeness (QED) is 0.836. The summed E-state index contributed by atoms with van der Waals surface area (Å²) in [5, 5.41) is 0. The first-order valence-corrected chi connectivity index (χ1v) is 5.77. The minimum atomic E-state index is -0.0284. The molecular weight excluding hydrogens is 274 g/mol. The van der Waals surface area contributed by atoms with Gasteiger partial charge >= 0.3 is 0 Å². The molecule has 86 valence electrons. The van der Waals surface area contributed by atoms with Gasteiger partial charge in [0, 0.05) is 18.7 Å². The summed E-state index contributed by atoms with van der Waals surface area (Å²) in [5.74, 6) is 1.36. The number of carbonyl (C=O) groups excluding carboxylic acids is 1. The summed E-state index contributed by atoms with van der Waals surface area (Å²) in [6.07, 6.45) is 0. The number of carbonyl (C=O) groups is 1. The Morgan fingerprint density at radius 1 is 1.56 bits per heavy atom. The Kier molecular flexibility index (Phi) is 3.05. The maximum Gasteiger partial charge on any atom is 0.265 e.